The zero-order valence-corrected chi connectivity index (χ0v) is 17.9. The van der Waals surface area contributed by atoms with Crippen LogP contribution in [0.1, 0.15) is 45.2 Å². The van der Waals surface area contributed by atoms with E-state index in [-0.39, 0.29) is 24.0 Å². The van der Waals surface area contributed by atoms with Gasteiger partial charge in [-0.15, -0.1) is 24.0 Å². The molecule has 0 bridgehead atoms. The van der Waals surface area contributed by atoms with Crippen molar-refractivity contribution in [1.29, 1.82) is 0 Å². The fourth-order valence-corrected chi connectivity index (χ4v) is 3.17. The SMILES string of the molecule is CCNC(=NCc1coc(-c2ccccc2)n1)NC1CCC(C)CC1.I. The van der Waals surface area contributed by atoms with Gasteiger partial charge in [-0.05, 0) is 50.7 Å². The Morgan fingerprint density at radius 2 is 1.92 bits per heavy atom. The maximum atomic E-state index is 5.58. The van der Waals surface area contributed by atoms with Gasteiger partial charge in [0.05, 0.1) is 6.54 Å². The average Bonchev–Trinajstić information content (AvgIpc) is 3.12. The van der Waals surface area contributed by atoms with Crippen LogP contribution in [-0.4, -0.2) is 23.5 Å². The van der Waals surface area contributed by atoms with E-state index in [2.05, 4.69) is 34.5 Å². The number of oxazole rings is 1. The zero-order chi connectivity index (χ0) is 17.5. The van der Waals surface area contributed by atoms with Crippen molar-refractivity contribution in [3.05, 3.63) is 42.3 Å². The maximum Gasteiger partial charge on any atom is 0.226 e. The molecule has 26 heavy (non-hydrogen) atoms. The largest absolute Gasteiger partial charge is 0.444 e. The van der Waals surface area contributed by atoms with Crippen molar-refractivity contribution in [2.45, 2.75) is 52.1 Å². The second kappa shape index (κ2) is 10.5. The van der Waals surface area contributed by atoms with Crippen LogP contribution in [0, 0.1) is 5.92 Å². The van der Waals surface area contributed by atoms with E-state index < -0.39 is 0 Å². The Balaban J connectivity index is 0.00000243. The lowest BCUT2D eigenvalue weighted by atomic mass is 9.87. The number of guanidine groups is 1. The normalized spacial score (nSPS) is 20.3. The molecule has 2 aromatic rings. The van der Waals surface area contributed by atoms with Crippen LogP contribution >= 0.6 is 24.0 Å². The molecule has 1 fully saturated rings. The maximum absolute atomic E-state index is 5.58. The van der Waals surface area contributed by atoms with Crippen LogP contribution in [0.25, 0.3) is 11.5 Å². The average molecular weight is 468 g/mol. The van der Waals surface area contributed by atoms with Crippen molar-refractivity contribution in [1.82, 2.24) is 15.6 Å². The van der Waals surface area contributed by atoms with Crippen molar-refractivity contribution in [2.75, 3.05) is 6.54 Å². The van der Waals surface area contributed by atoms with Crippen molar-refractivity contribution in [3.8, 4) is 11.5 Å². The molecule has 3 rings (SSSR count). The molecule has 1 aromatic carbocycles. The van der Waals surface area contributed by atoms with Crippen molar-refractivity contribution < 1.29 is 4.42 Å². The van der Waals surface area contributed by atoms with Crippen molar-refractivity contribution in [3.63, 3.8) is 0 Å². The number of rotatable bonds is 5. The van der Waals surface area contributed by atoms with Crippen LogP contribution in [-0.2, 0) is 6.54 Å². The molecule has 142 valence electrons. The summed E-state index contributed by atoms with van der Waals surface area (Å²) in [6.07, 6.45) is 6.71. The number of hydrogen-bond acceptors (Lipinski definition) is 3. The van der Waals surface area contributed by atoms with Gasteiger partial charge in [0.15, 0.2) is 5.96 Å². The van der Waals surface area contributed by atoms with Crippen LogP contribution in [0.5, 0.6) is 0 Å². The lowest BCUT2D eigenvalue weighted by Crippen LogP contribution is -2.44. The highest BCUT2D eigenvalue weighted by Gasteiger charge is 2.18. The number of nitrogens with zero attached hydrogens (tertiary/aromatic N) is 2. The number of hydrogen-bond donors (Lipinski definition) is 2. The van der Waals surface area contributed by atoms with Gasteiger partial charge >= 0.3 is 0 Å². The van der Waals surface area contributed by atoms with E-state index in [1.54, 1.807) is 6.26 Å². The summed E-state index contributed by atoms with van der Waals surface area (Å²) in [5.74, 6) is 2.36. The topological polar surface area (TPSA) is 62.5 Å². The fraction of sp³-hybridized carbons (Fsp3) is 0.500. The monoisotopic (exact) mass is 468 g/mol. The predicted molar refractivity (Wildman–Crippen MR) is 117 cm³/mol. The third kappa shape index (κ3) is 6.00. The highest BCUT2D eigenvalue weighted by atomic mass is 127. The lowest BCUT2D eigenvalue weighted by molar-refractivity contribution is 0.329. The molecule has 2 N–H and O–H groups in total. The number of aliphatic imine (C=N–C) groups is 1. The van der Waals surface area contributed by atoms with Crippen LogP contribution in [0.15, 0.2) is 46.0 Å². The van der Waals surface area contributed by atoms with E-state index in [1.807, 2.05) is 30.3 Å². The Labute approximate surface area is 173 Å². The first-order valence-corrected chi connectivity index (χ1v) is 9.29. The summed E-state index contributed by atoms with van der Waals surface area (Å²) in [5.41, 5.74) is 1.83. The zero-order valence-electron chi connectivity index (χ0n) is 15.6. The number of halogens is 1. The van der Waals surface area contributed by atoms with E-state index in [0.29, 0.717) is 18.5 Å². The molecule has 1 saturated carbocycles. The van der Waals surface area contributed by atoms with Gasteiger partial charge < -0.3 is 15.1 Å². The van der Waals surface area contributed by atoms with Crippen LogP contribution in [0.4, 0.5) is 0 Å². The number of benzene rings is 1. The minimum absolute atomic E-state index is 0. The Bertz CT molecular complexity index is 678. The van der Waals surface area contributed by atoms with E-state index >= 15 is 0 Å². The molecular weight excluding hydrogens is 439 g/mol. The second-order valence-electron chi connectivity index (χ2n) is 6.81. The Hall–Kier alpha value is -1.57. The molecule has 0 aliphatic heterocycles. The van der Waals surface area contributed by atoms with Crippen LogP contribution < -0.4 is 10.6 Å². The fourth-order valence-electron chi connectivity index (χ4n) is 3.17. The molecule has 0 amide bonds. The lowest BCUT2D eigenvalue weighted by Gasteiger charge is -2.28. The number of aromatic nitrogens is 1. The van der Waals surface area contributed by atoms with E-state index in [0.717, 1.165) is 29.7 Å². The van der Waals surface area contributed by atoms with E-state index in [9.17, 15) is 0 Å². The molecule has 6 heteroatoms. The highest BCUT2D eigenvalue weighted by Crippen LogP contribution is 2.23. The summed E-state index contributed by atoms with van der Waals surface area (Å²) in [6, 6.07) is 10.5. The molecule has 0 radical (unpaired) electrons. The predicted octanol–water partition coefficient (Wildman–Crippen LogP) is 4.59. The van der Waals surface area contributed by atoms with Gasteiger partial charge in [-0.1, -0.05) is 25.1 Å². The summed E-state index contributed by atoms with van der Waals surface area (Å²) in [7, 11) is 0. The van der Waals surface area contributed by atoms with Crippen molar-refractivity contribution >= 4 is 29.9 Å². The summed E-state index contributed by atoms with van der Waals surface area (Å²) >= 11 is 0. The molecule has 0 saturated heterocycles. The minimum atomic E-state index is 0. The summed E-state index contributed by atoms with van der Waals surface area (Å²) in [6.45, 7) is 5.78. The first-order chi connectivity index (χ1) is 12.2. The van der Waals surface area contributed by atoms with Gasteiger partial charge in [-0.2, -0.15) is 0 Å². The van der Waals surface area contributed by atoms with Crippen molar-refractivity contribution in [2.24, 2.45) is 10.9 Å². The van der Waals surface area contributed by atoms with Gasteiger partial charge in [-0.25, -0.2) is 9.98 Å². The molecule has 5 nitrogen and oxygen atoms in total. The van der Waals surface area contributed by atoms with Crippen LogP contribution in [0.3, 0.4) is 0 Å². The van der Waals surface area contributed by atoms with Crippen LogP contribution in [0.2, 0.25) is 0 Å². The number of nitrogens with one attached hydrogen (secondary N) is 2. The van der Waals surface area contributed by atoms with E-state index in [4.69, 9.17) is 4.42 Å². The molecule has 1 aromatic heterocycles. The smallest absolute Gasteiger partial charge is 0.226 e. The highest BCUT2D eigenvalue weighted by molar-refractivity contribution is 14.0. The summed E-state index contributed by atoms with van der Waals surface area (Å²) < 4.78 is 5.58. The van der Waals surface area contributed by atoms with Gasteiger partial charge in [0.2, 0.25) is 5.89 Å². The summed E-state index contributed by atoms with van der Waals surface area (Å²) in [5, 5.41) is 6.90. The van der Waals surface area contributed by atoms with Gasteiger partial charge in [-0.3, -0.25) is 0 Å². The first-order valence-electron chi connectivity index (χ1n) is 9.29. The Morgan fingerprint density at radius 3 is 2.62 bits per heavy atom. The quantitative estimate of drug-likeness (QED) is 0.383. The Morgan fingerprint density at radius 1 is 1.19 bits per heavy atom. The molecule has 0 spiro atoms. The third-order valence-corrected chi connectivity index (χ3v) is 4.67. The molecule has 1 heterocycles. The molecule has 1 aliphatic rings. The van der Waals surface area contributed by atoms with Gasteiger partial charge in [0, 0.05) is 18.2 Å². The second-order valence-corrected chi connectivity index (χ2v) is 6.81. The standard InChI is InChI=1S/C20H28N4O.HI/c1-3-21-20(24-17-11-9-15(2)10-12-17)22-13-18-14-25-19(23-18)16-7-5-4-6-8-16;/h4-8,14-15,17H,3,9-13H2,1-2H3,(H2,21,22,24);1H. The molecular formula is C20H29IN4O. The van der Waals surface area contributed by atoms with Gasteiger partial charge in [0.25, 0.3) is 0 Å². The minimum Gasteiger partial charge on any atom is -0.444 e. The first kappa shape index (κ1) is 20.7. The third-order valence-electron chi connectivity index (χ3n) is 4.67. The molecule has 1 aliphatic carbocycles. The molecule has 0 atom stereocenters. The molecule has 0 unspecified atom stereocenters. The van der Waals surface area contributed by atoms with Gasteiger partial charge in [0.1, 0.15) is 12.0 Å². The summed E-state index contributed by atoms with van der Waals surface area (Å²) in [4.78, 5) is 9.22. The van der Waals surface area contributed by atoms with E-state index in [1.165, 1.54) is 25.7 Å². The Kier molecular flexibility index (Phi) is 8.41.